The van der Waals surface area contributed by atoms with E-state index in [0.29, 0.717) is 33.0 Å². The number of aliphatic hydroxyl groups excluding tert-OH is 1. The zero-order valence-corrected chi connectivity index (χ0v) is 20.0. The van der Waals surface area contributed by atoms with Crippen molar-refractivity contribution in [1.29, 1.82) is 0 Å². The molecule has 1 fully saturated rings. The highest BCUT2D eigenvalue weighted by Gasteiger charge is 2.47. The van der Waals surface area contributed by atoms with Crippen LogP contribution in [-0.4, -0.2) is 68.8 Å². The predicted octanol–water partition coefficient (Wildman–Crippen LogP) is 4.86. The number of rotatable bonds is 19. The molecule has 0 aromatic heterocycles. The molecule has 1 saturated heterocycles. The second kappa shape index (κ2) is 18.3. The van der Waals surface area contributed by atoms with Gasteiger partial charge in [-0.25, -0.2) is 0 Å². The van der Waals surface area contributed by atoms with E-state index in [-0.39, 0.29) is 6.10 Å². The fourth-order valence-corrected chi connectivity index (χ4v) is 3.45. The van der Waals surface area contributed by atoms with Gasteiger partial charge in [-0.3, -0.25) is 0 Å². The Bertz CT molecular complexity index is 379. The molecule has 1 aliphatic rings. The lowest BCUT2D eigenvalue weighted by atomic mass is 9.98. The summed E-state index contributed by atoms with van der Waals surface area (Å²) in [5, 5.41) is 11.1. The molecule has 30 heavy (non-hydrogen) atoms. The van der Waals surface area contributed by atoms with E-state index in [1.807, 2.05) is 0 Å². The van der Waals surface area contributed by atoms with Gasteiger partial charge < -0.3 is 28.8 Å². The summed E-state index contributed by atoms with van der Waals surface area (Å²) in [7, 11) is 0. The highest BCUT2D eigenvalue weighted by Crippen LogP contribution is 2.28. The van der Waals surface area contributed by atoms with E-state index in [1.165, 1.54) is 12.8 Å². The molecule has 0 aromatic carbocycles. The minimum Gasteiger partial charge on any atom is -0.387 e. The molecule has 1 heterocycles. The van der Waals surface area contributed by atoms with E-state index >= 15 is 0 Å². The summed E-state index contributed by atoms with van der Waals surface area (Å²) in [5.74, 6) is 0. The molecule has 180 valence electrons. The van der Waals surface area contributed by atoms with Crippen molar-refractivity contribution in [1.82, 2.24) is 0 Å². The molecule has 1 aliphatic heterocycles. The van der Waals surface area contributed by atoms with Crippen molar-refractivity contribution in [3.63, 3.8) is 0 Å². The molecule has 6 nitrogen and oxygen atoms in total. The van der Waals surface area contributed by atoms with Crippen molar-refractivity contribution in [3.8, 4) is 0 Å². The van der Waals surface area contributed by atoms with E-state index in [2.05, 4.69) is 27.7 Å². The van der Waals surface area contributed by atoms with Crippen LogP contribution in [0.25, 0.3) is 0 Å². The summed E-state index contributed by atoms with van der Waals surface area (Å²) < 4.78 is 30.2. The van der Waals surface area contributed by atoms with Crippen LogP contribution in [0.3, 0.4) is 0 Å². The third-order valence-electron chi connectivity index (χ3n) is 5.44. The Kier molecular flexibility index (Phi) is 17.0. The van der Waals surface area contributed by atoms with E-state index in [4.69, 9.17) is 23.7 Å². The van der Waals surface area contributed by atoms with Gasteiger partial charge in [0, 0.05) is 26.4 Å². The maximum absolute atomic E-state index is 11.1. The Morgan fingerprint density at radius 2 is 1.20 bits per heavy atom. The maximum atomic E-state index is 11.1. The normalized spacial score (nSPS) is 26.9. The quantitative estimate of drug-likeness (QED) is 0.294. The van der Waals surface area contributed by atoms with Crippen LogP contribution in [0.5, 0.6) is 0 Å². The average Bonchev–Trinajstić information content (AvgIpc) is 2.75. The van der Waals surface area contributed by atoms with Crippen molar-refractivity contribution in [3.05, 3.63) is 0 Å². The van der Waals surface area contributed by atoms with Crippen molar-refractivity contribution >= 4 is 0 Å². The van der Waals surface area contributed by atoms with E-state index in [0.717, 1.165) is 51.4 Å². The highest BCUT2D eigenvalue weighted by atomic mass is 16.7. The molecule has 1 N–H and O–H groups in total. The van der Waals surface area contributed by atoms with Gasteiger partial charge >= 0.3 is 0 Å². The molecule has 0 spiro atoms. The lowest BCUT2D eigenvalue weighted by Crippen LogP contribution is -2.61. The van der Waals surface area contributed by atoms with Gasteiger partial charge in [-0.05, 0) is 25.7 Å². The van der Waals surface area contributed by atoms with Gasteiger partial charge in [-0.2, -0.15) is 0 Å². The average molecular weight is 433 g/mol. The van der Waals surface area contributed by atoms with E-state index in [1.54, 1.807) is 0 Å². The molecule has 2 unspecified atom stereocenters. The second-order valence-electron chi connectivity index (χ2n) is 8.27. The van der Waals surface area contributed by atoms with E-state index < -0.39 is 24.6 Å². The fourth-order valence-electron chi connectivity index (χ4n) is 3.45. The SMILES string of the molecule is CCCCCCOC1OC(COCCCC)[C@H](OCCCC)[C@H](O)[C@@H]1OCCCC. The molecule has 0 radical (unpaired) electrons. The lowest BCUT2D eigenvalue weighted by Gasteiger charge is -2.44. The standard InChI is InChI=1S/C24H48O6/c1-5-9-13-14-18-29-24-23(28-17-12-8-4)21(25)22(27-16-11-7-3)20(30-24)19-26-15-10-6-2/h20-25H,5-19H2,1-4H3/t20?,21-,22-,23-,24?/m0/s1. The molecule has 1 rings (SSSR count). The molecule has 0 amide bonds. The van der Waals surface area contributed by atoms with Crippen molar-refractivity contribution in [2.24, 2.45) is 0 Å². The number of aliphatic hydroxyl groups is 1. The van der Waals surface area contributed by atoms with Crippen LogP contribution >= 0.6 is 0 Å². The summed E-state index contributed by atoms with van der Waals surface area (Å²) in [6.45, 7) is 11.4. The van der Waals surface area contributed by atoms with Crippen LogP contribution in [0.15, 0.2) is 0 Å². The number of hydrogen-bond acceptors (Lipinski definition) is 6. The van der Waals surface area contributed by atoms with Gasteiger partial charge in [0.2, 0.25) is 0 Å². The Hall–Kier alpha value is -0.240. The number of unbranched alkanes of at least 4 members (excludes halogenated alkanes) is 6. The summed E-state index contributed by atoms with van der Waals surface area (Å²) in [4.78, 5) is 0. The molecular weight excluding hydrogens is 384 g/mol. The van der Waals surface area contributed by atoms with Gasteiger partial charge in [0.15, 0.2) is 6.29 Å². The Morgan fingerprint density at radius 3 is 1.83 bits per heavy atom. The molecule has 0 aliphatic carbocycles. The highest BCUT2D eigenvalue weighted by molar-refractivity contribution is 4.91. The van der Waals surface area contributed by atoms with Crippen LogP contribution < -0.4 is 0 Å². The van der Waals surface area contributed by atoms with Gasteiger partial charge in [0.25, 0.3) is 0 Å². The van der Waals surface area contributed by atoms with Gasteiger partial charge in [-0.1, -0.05) is 66.2 Å². The van der Waals surface area contributed by atoms with Crippen molar-refractivity contribution in [2.75, 3.05) is 33.0 Å². The van der Waals surface area contributed by atoms with Crippen molar-refractivity contribution in [2.45, 2.75) is 123 Å². The molecular formula is C24H48O6. The fraction of sp³-hybridized carbons (Fsp3) is 1.00. The first-order valence-electron chi connectivity index (χ1n) is 12.5. The Balaban J connectivity index is 2.76. The maximum Gasteiger partial charge on any atom is 0.186 e. The minimum atomic E-state index is -0.798. The first-order valence-corrected chi connectivity index (χ1v) is 12.5. The summed E-state index contributed by atoms with van der Waals surface area (Å²) >= 11 is 0. The smallest absolute Gasteiger partial charge is 0.186 e. The summed E-state index contributed by atoms with van der Waals surface area (Å²) in [6, 6.07) is 0. The molecule has 5 atom stereocenters. The van der Waals surface area contributed by atoms with Crippen LogP contribution in [-0.2, 0) is 23.7 Å². The Labute approximate surface area is 184 Å². The number of ether oxygens (including phenoxy) is 5. The summed E-state index contributed by atoms with van der Waals surface area (Å²) in [6.07, 6.45) is 7.82. The summed E-state index contributed by atoms with van der Waals surface area (Å²) in [5.41, 5.74) is 0. The zero-order valence-electron chi connectivity index (χ0n) is 20.0. The predicted molar refractivity (Wildman–Crippen MR) is 120 cm³/mol. The first kappa shape index (κ1) is 27.8. The van der Waals surface area contributed by atoms with Crippen LogP contribution in [0, 0.1) is 0 Å². The molecule has 0 saturated carbocycles. The largest absolute Gasteiger partial charge is 0.387 e. The monoisotopic (exact) mass is 432 g/mol. The zero-order chi connectivity index (χ0) is 22.0. The van der Waals surface area contributed by atoms with Gasteiger partial charge in [0.05, 0.1) is 6.61 Å². The molecule has 0 aromatic rings. The van der Waals surface area contributed by atoms with Gasteiger partial charge in [0.1, 0.15) is 24.4 Å². The topological polar surface area (TPSA) is 66.4 Å². The third kappa shape index (κ3) is 10.9. The van der Waals surface area contributed by atoms with E-state index in [9.17, 15) is 5.11 Å². The Morgan fingerprint density at radius 1 is 0.633 bits per heavy atom. The van der Waals surface area contributed by atoms with Crippen molar-refractivity contribution < 1.29 is 28.8 Å². The van der Waals surface area contributed by atoms with Crippen LogP contribution in [0.4, 0.5) is 0 Å². The minimum absolute atomic E-state index is 0.361. The van der Waals surface area contributed by atoms with Crippen LogP contribution in [0.1, 0.15) is 91.9 Å². The molecule has 6 heteroatoms. The third-order valence-corrected chi connectivity index (χ3v) is 5.44. The van der Waals surface area contributed by atoms with Crippen LogP contribution in [0.2, 0.25) is 0 Å². The molecule has 0 bridgehead atoms. The lowest BCUT2D eigenvalue weighted by molar-refractivity contribution is -0.317. The second-order valence-corrected chi connectivity index (χ2v) is 8.27. The van der Waals surface area contributed by atoms with Gasteiger partial charge in [-0.15, -0.1) is 0 Å². The number of hydrogen-bond donors (Lipinski definition) is 1. The first-order chi connectivity index (χ1) is 14.7.